The predicted octanol–water partition coefficient (Wildman–Crippen LogP) is 1.61. The molecule has 1 N–H and O–H groups in total. The minimum Gasteiger partial charge on any atom is -0.449 e. The van der Waals surface area contributed by atoms with Gasteiger partial charge in [0.25, 0.3) is 0 Å². The predicted molar refractivity (Wildman–Crippen MR) is 59.9 cm³/mol. The summed E-state index contributed by atoms with van der Waals surface area (Å²) < 4.78 is 5.18. The third kappa shape index (κ3) is 4.08. The number of carbonyl (C=O) groups excluding carboxylic acids is 1. The van der Waals surface area contributed by atoms with Gasteiger partial charge in [0.15, 0.2) is 0 Å². The van der Waals surface area contributed by atoms with Gasteiger partial charge in [-0.15, -0.1) is 0 Å². The van der Waals surface area contributed by atoms with Crippen LogP contribution in [0.5, 0.6) is 0 Å². The summed E-state index contributed by atoms with van der Waals surface area (Å²) in [5.41, 5.74) is 0. The summed E-state index contributed by atoms with van der Waals surface area (Å²) in [7, 11) is 0. The molecule has 2 atom stereocenters. The standard InChI is InChI=1S/C11H22N2O2/c1-4-5-6-15-11(14)13-7-9(2)12-10(3)8-13/h9-10,12H,4-8H2,1-3H3/t9-,10-/m1/s1. The van der Waals surface area contributed by atoms with Crippen LogP contribution in [0.4, 0.5) is 4.79 Å². The van der Waals surface area contributed by atoms with Gasteiger partial charge in [-0.05, 0) is 20.3 Å². The molecule has 0 aromatic heterocycles. The van der Waals surface area contributed by atoms with Crippen LogP contribution in [-0.2, 0) is 4.74 Å². The van der Waals surface area contributed by atoms with Crippen LogP contribution in [-0.4, -0.2) is 42.8 Å². The van der Waals surface area contributed by atoms with E-state index in [0.717, 1.165) is 25.9 Å². The highest BCUT2D eigenvalue weighted by atomic mass is 16.6. The number of hydrogen-bond acceptors (Lipinski definition) is 3. The number of amides is 1. The average Bonchev–Trinajstić information content (AvgIpc) is 2.16. The number of unbranched alkanes of at least 4 members (excludes halogenated alkanes) is 1. The highest BCUT2D eigenvalue weighted by Crippen LogP contribution is 2.06. The van der Waals surface area contributed by atoms with Crippen molar-refractivity contribution in [3.8, 4) is 0 Å². The third-order valence-electron chi connectivity index (χ3n) is 2.54. The van der Waals surface area contributed by atoms with Gasteiger partial charge >= 0.3 is 6.09 Å². The van der Waals surface area contributed by atoms with Crippen LogP contribution in [0.25, 0.3) is 0 Å². The second-order valence-corrected chi connectivity index (χ2v) is 4.34. The minimum atomic E-state index is -0.163. The van der Waals surface area contributed by atoms with Crippen LogP contribution in [0.3, 0.4) is 0 Å². The largest absolute Gasteiger partial charge is 0.449 e. The molecule has 4 nitrogen and oxygen atoms in total. The second-order valence-electron chi connectivity index (χ2n) is 4.34. The summed E-state index contributed by atoms with van der Waals surface area (Å²) in [6.45, 7) is 8.29. The average molecular weight is 214 g/mol. The Balaban J connectivity index is 2.31. The van der Waals surface area contributed by atoms with Gasteiger partial charge in [-0.3, -0.25) is 0 Å². The molecule has 15 heavy (non-hydrogen) atoms. The summed E-state index contributed by atoms with van der Waals surface area (Å²) in [5, 5.41) is 3.38. The van der Waals surface area contributed by atoms with Crippen molar-refractivity contribution in [1.29, 1.82) is 0 Å². The Bertz CT molecular complexity index is 199. The Hall–Kier alpha value is -0.770. The molecule has 4 heteroatoms. The van der Waals surface area contributed by atoms with Gasteiger partial charge in [0.1, 0.15) is 0 Å². The van der Waals surface area contributed by atoms with Crippen molar-refractivity contribution in [3.63, 3.8) is 0 Å². The Morgan fingerprint density at radius 1 is 1.40 bits per heavy atom. The summed E-state index contributed by atoms with van der Waals surface area (Å²) in [6.07, 6.45) is 1.84. The Morgan fingerprint density at radius 2 is 2.00 bits per heavy atom. The van der Waals surface area contributed by atoms with Crippen LogP contribution in [0, 0.1) is 0 Å². The first-order valence-corrected chi connectivity index (χ1v) is 5.81. The molecule has 1 aliphatic rings. The zero-order valence-corrected chi connectivity index (χ0v) is 9.95. The van der Waals surface area contributed by atoms with Crippen molar-refractivity contribution < 1.29 is 9.53 Å². The van der Waals surface area contributed by atoms with Crippen molar-refractivity contribution in [3.05, 3.63) is 0 Å². The van der Waals surface area contributed by atoms with E-state index in [-0.39, 0.29) is 6.09 Å². The van der Waals surface area contributed by atoms with Gasteiger partial charge in [0.05, 0.1) is 6.61 Å². The van der Waals surface area contributed by atoms with Crippen LogP contribution >= 0.6 is 0 Å². The van der Waals surface area contributed by atoms with Crippen LogP contribution in [0.15, 0.2) is 0 Å². The maximum Gasteiger partial charge on any atom is 0.409 e. The van der Waals surface area contributed by atoms with E-state index in [9.17, 15) is 4.79 Å². The number of hydrogen-bond donors (Lipinski definition) is 1. The summed E-state index contributed by atoms with van der Waals surface area (Å²) >= 11 is 0. The van der Waals surface area contributed by atoms with Gasteiger partial charge in [-0.1, -0.05) is 13.3 Å². The molecule has 1 amide bonds. The normalized spacial score (nSPS) is 26.5. The van der Waals surface area contributed by atoms with Crippen molar-refractivity contribution in [2.24, 2.45) is 0 Å². The van der Waals surface area contributed by atoms with Crippen LogP contribution < -0.4 is 5.32 Å². The zero-order valence-electron chi connectivity index (χ0n) is 9.95. The maximum atomic E-state index is 11.6. The third-order valence-corrected chi connectivity index (χ3v) is 2.54. The van der Waals surface area contributed by atoms with E-state index in [0.29, 0.717) is 18.7 Å². The molecule has 1 fully saturated rings. The number of nitrogens with zero attached hydrogens (tertiary/aromatic N) is 1. The van der Waals surface area contributed by atoms with E-state index in [1.165, 1.54) is 0 Å². The molecule has 1 aliphatic heterocycles. The lowest BCUT2D eigenvalue weighted by atomic mass is 10.2. The Labute approximate surface area is 92.0 Å². The molecule has 0 aliphatic carbocycles. The molecule has 0 bridgehead atoms. The van der Waals surface area contributed by atoms with Crippen LogP contribution in [0.1, 0.15) is 33.6 Å². The monoisotopic (exact) mass is 214 g/mol. The smallest absolute Gasteiger partial charge is 0.409 e. The fourth-order valence-electron chi connectivity index (χ4n) is 1.87. The first-order chi connectivity index (χ1) is 7.13. The molecule has 0 spiro atoms. The fourth-order valence-corrected chi connectivity index (χ4v) is 1.87. The topological polar surface area (TPSA) is 41.6 Å². The van der Waals surface area contributed by atoms with Crippen molar-refractivity contribution >= 4 is 6.09 Å². The molecule has 1 heterocycles. The highest BCUT2D eigenvalue weighted by molar-refractivity contribution is 5.67. The van der Waals surface area contributed by atoms with Crippen molar-refractivity contribution in [2.45, 2.75) is 45.7 Å². The molecular formula is C11H22N2O2. The van der Waals surface area contributed by atoms with Crippen LogP contribution in [0.2, 0.25) is 0 Å². The lowest BCUT2D eigenvalue weighted by molar-refractivity contribution is 0.0834. The molecule has 0 radical (unpaired) electrons. The zero-order chi connectivity index (χ0) is 11.3. The SMILES string of the molecule is CCCCOC(=O)N1C[C@@H](C)N[C@H](C)C1. The van der Waals surface area contributed by atoms with E-state index in [4.69, 9.17) is 4.74 Å². The first-order valence-electron chi connectivity index (χ1n) is 5.81. The number of ether oxygens (including phenoxy) is 1. The fraction of sp³-hybridized carbons (Fsp3) is 0.909. The van der Waals surface area contributed by atoms with E-state index < -0.39 is 0 Å². The number of nitrogens with one attached hydrogen (secondary N) is 1. The molecule has 0 aromatic rings. The quantitative estimate of drug-likeness (QED) is 0.726. The van der Waals surface area contributed by atoms with Crippen molar-refractivity contribution in [1.82, 2.24) is 10.2 Å². The lowest BCUT2D eigenvalue weighted by Gasteiger charge is -2.35. The number of piperazine rings is 1. The molecule has 0 saturated carbocycles. The molecular weight excluding hydrogens is 192 g/mol. The second kappa shape index (κ2) is 5.95. The summed E-state index contributed by atoms with van der Waals surface area (Å²) in [4.78, 5) is 13.4. The highest BCUT2D eigenvalue weighted by Gasteiger charge is 2.25. The van der Waals surface area contributed by atoms with Gasteiger partial charge < -0.3 is 15.0 Å². The molecule has 1 rings (SSSR count). The van der Waals surface area contributed by atoms with E-state index in [1.54, 1.807) is 4.90 Å². The van der Waals surface area contributed by atoms with Gasteiger partial charge in [-0.25, -0.2) is 4.79 Å². The molecule has 88 valence electrons. The minimum absolute atomic E-state index is 0.163. The molecule has 0 unspecified atom stereocenters. The first kappa shape index (κ1) is 12.3. The van der Waals surface area contributed by atoms with E-state index in [1.807, 2.05) is 0 Å². The van der Waals surface area contributed by atoms with Gasteiger partial charge in [0.2, 0.25) is 0 Å². The lowest BCUT2D eigenvalue weighted by Crippen LogP contribution is -2.55. The molecule has 0 aromatic carbocycles. The maximum absolute atomic E-state index is 11.6. The van der Waals surface area contributed by atoms with Gasteiger partial charge in [-0.2, -0.15) is 0 Å². The molecule has 1 saturated heterocycles. The number of carbonyl (C=O) groups is 1. The summed E-state index contributed by atoms with van der Waals surface area (Å²) in [5.74, 6) is 0. The van der Waals surface area contributed by atoms with E-state index in [2.05, 4.69) is 26.1 Å². The van der Waals surface area contributed by atoms with Gasteiger partial charge in [0, 0.05) is 25.2 Å². The van der Waals surface area contributed by atoms with E-state index >= 15 is 0 Å². The Kier molecular flexibility index (Phi) is 4.88. The Morgan fingerprint density at radius 3 is 2.53 bits per heavy atom. The number of rotatable bonds is 3. The summed E-state index contributed by atoms with van der Waals surface area (Å²) in [6, 6.07) is 0.708. The van der Waals surface area contributed by atoms with Crippen molar-refractivity contribution in [2.75, 3.05) is 19.7 Å².